The topological polar surface area (TPSA) is 68.2 Å². The standard InChI is InChI=1S/C21H24N4O2/c1-2-27-13-11-22-14-15-6-8-16(9-7-15)20-24-18-5-3-4-17-19(18)25(20)12-10-23-21(17)26/h3-9,22H,2,10-14H2,1H3,(H,23,26). The lowest BCUT2D eigenvalue weighted by molar-refractivity contribution is 0.0956. The maximum atomic E-state index is 12.3. The van der Waals surface area contributed by atoms with Crippen LogP contribution in [0, 0.1) is 0 Å². The maximum Gasteiger partial charge on any atom is 0.253 e. The summed E-state index contributed by atoms with van der Waals surface area (Å²) in [5.41, 5.74) is 4.76. The lowest BCUT2D eigenvalue weighted by atomic mass is 10.1. The van der Waals surface area contributed by atoms with Gasteiger partial charge in [-0.05, 0) is 24.6 Å². The fourth-order valence-corrected chi connectivity index (χ4v) is 3.48. The highest BCUT2D eigenvalue weighted by molar-refractivity contribution is 6.06. The molecule has 1 aliphatic heterocycles. The van der Waals surface area contributed by atoms with Crippen molar-refractivity contribution in [1.29, 1.82) is 0 Å². The van der Waals surface area contributed by atoms with Gasteiger partial charge in [0.05, 0.1) is 23.2 Å². The van der Waals surface area contributed by atoms with Crippen LogP contribution in [0.1, 0.15) is 22.8 Å². The van der Waals surface area contributed by atoms with E-state index in [1.807, 2.05) is 25.1 Å². The molecule has 0 spiro atoms. The molecule has 1 amide bonds. The molecule has 6 nitrogen and oxygen atoms in total. The summed E-state index contributed by atoms with van der Waals surface area (Å²) in [4.78, 5) is 17.1. The van der Waals surface area contributed by atoms with Crippen LogP contribution in [0.4, 0.5) is 0 Å². The van der Waals surface area contributed by atoms with Crippen molar-refractivity contribution in [2.24, 2.45) is 0 Å². The number of ether oxygens (including phenoxy) is 1. The number of amides is 1. The summed E-state index contributed by atoms with van der Waals surface area (Å²) in [5, 5.41) is 6.33. The Labute approximate surface area is 158 Å². The van der Waals surface area contributed by atoms with Crippen LogP contribution in [0.2, 0.25) is 0 Å². The zero-order chi connectivity index (χ0) is 18.6. The number of hydrogen-bond acceptors (Lipinski definition) is 4. The monoisotopic (exact) mass is 364 g/mol. The Hall–Kier alpha value is -2.70. The molecule has 0 radical (unpaired) electrons. The number of imidazole rings is 1. The van der Waals surface area contributed by atoms with E-state index in [9.17, 15) is 4.79 Å². The number of carbonyl (C=O) groups is 1. The molecule has 2 heterocycles. The van der Waals surface area contributed by atoms with Gasteiger partial charge >= 0.3 is 0 Å². The van der Waals surface area contributed by atoms with Gasteiger partial charge in [0.15, 0.2) is 0 Å². The summed E-state index contributed by atoms with van der Waals surface area (Å²) in [7, 11) is 0. The van der Waals surface area contributed by atoms with Gasteiger partial charge < -0.3 is 19.9 Å². The van der Waals surface area contributed by atoms with E-state index >= 15 is 0 Å². The van der Waals surface area contributed by atoms with Crippen LogP contribution in [-0.4, -0.2) is 41.8 Å². The van der Waals surface area contributed by atoms with Gasteiger partial charge in [0, 0.05) is 38.3 Å². The second kappa shape index (κ2) is 7.90. The van der Waals surface area contributed by atoms with E-state index < -0.39 is 0 Å². The third-order valence-electron chi connectivity index (χ3n) is 4.80. The zero-order valence-electron chi connectivity index (χ0n) is 15.5. The van der Waals surface area contributed by atoms with Crippen LogP contribution in [0.25, 0.3) is 22.4 Å². The first-order valence-corrected chi connectivity index (χ1v) is 9.43. The molecule has 0 saturated carbocycles. The number of aromatic nitrogens is 2. The van der Waals surface area contributed by atoms with Crippen LogP contribution in [0.5, 0.6) is 0 Å². The van der Waals surface area contributed by atoms with Crippen LogP contribution in [-0.2, 0) is 17.8 Å². The molecule has 1 aromatic heterocycles. The molecular formula is C21H24N4O2. The number of nitrogens with zero attached hydrogens (tertiary/aromatic N) is 2. The maximum absolute atomic E-state index is 12.3. The van der Waals surface area contributed by atoms with E-state index in [1.54, 1.807) is 0 Å². The molecular weight excluding hydrogens is 340 g/mol. The lowest BCUT2D eigenvalue weighted by Crippen LogP contribution is -2.24. The van der Waals surface area contributed by atoms with Gasteiger partial charge in [0.1, 0.15) is 5.82 Å². The molecule has 0 bridgehead atoms. The molecule has 2 aromatic carbocycles. The van der Waals surface area contributed by atoms with Crippen molar-refractivity contribution in [3.05, 3.63) is 53.6 Å². The molecule has 0 saturated heterocycles. The van der Waals surface area contributed by atoms with Crippen molar-refractivity contribution >= 4 is 16.9 Å². The average Bonchev–Trinajstić information content (AvgIpc) is 2.97. The van der Waals surface area contributed by atoms with Gasteiger partial charge in [-0.3, -0.25) is 4.79 Å². The minimum atomic E-state index is -0.0284. The first-order valence-electron chi connectivity index (χ1n) is 9.43. The fraction of sp³-hybridized carbons (Fsp3) is 0.333. The highest BCUT2D eigenvalue weighted by atomic mass is 16.5. The van der Waals surface area contributed by atoms with E-state index in [0.717, 1.165) is 55.3 Å². The van der Waals surface area contributed by atoms with Crippen molar-refractivity contribution in [1.82, 2.24) is 20.2 Å². The molecule has 0 fully saturated rings. The number of nitrogens with one attached hydrogen (secondary N) is 2. The minimum Gasteiger partial charge on any atom is -0.380 e. The smallest absolute Gasteiger partial charge is 0.253 e. The second-order valence-electron chi connectivity index (χ2n) is 6.59. The molecule has 2 N–H and O–H groups in total. The van der Waals surface area contributed by atoms with Crippen LogP contribution >= 0.6 is 0 Å². The molecule has 0 atom stereocenters. The van der Waals surface area contributed by atoms with Crippen molar-refractivity contribution < 1.29 is 9.53 Å². The average molecular weight is 364 g/mol. The predicted molar refractivity (Wildman–Crippen MR) is 106 cm³/mol. The van der Waals surface area contributed by atoms with Crippen LogP contribution < -0.4 is 10.6 Å². The third kappa shape index (κ3) is 3.59. The predicted octanol–water partition coefficient (Wildman–Crippen LogP) is 2.57. The molecule has 27 heavy (non-hydrogen) atoms. The van der Waals surface area contributed by atoms with Gasteiger partial charge in [0.2, 0.25) is 0 Å². The molecule has 0 unspecified atom stereocenters. The van der Waals surface area contributed by atoms with Crippen molar-refractivity contribution in [3.8, 4) is 11.4 Å². The summed E-state index contributed by atoms with van der Waals surface area (Å²) in [6, 6.07) is 14.2. The van der Waals surface area contributed by atoms with Crippen molar-refractivity contribution in [2.75, 3.05) is 26.3 Å². The summed E-state index contributed by atoms with van der Waals surface area (Å²) in [6.07, 6.45) is 0. The molecule has 1 aliphatic rings. The van der Waals surface area contributed by atoms with Gasteiger partial charge in [-0.25, -0.2) is 4.98 Å². The largest absolute Gasteiger partial charge is 0.380 e. The lowest BCUT2D eigenvalue weighted by Gasteiger charge is -2.09. The second-order valence-corrected chi connectivity index (χ2v) is 6.59. The molecule has 0 aliphatic carbocycles. The van der Waals surface area contributed by atoms with Crippen LogP contribution in [0.3, 0.4) is 0 Å². The SMILES string of the molecule is CCOCCNCc1ccc(-c2nc3cccc4c3n2CCNC4=O)cc1. The Morgan fingerprint density at radius 2 is 2.07 bits per heavy atom. The molecule has 140 valence electrons. The Morgan fingerprint density at radius 3 is 2.89 bits per heavy atom. The van der Waals surface area contributed by atoms with Gasteiger partial charge in [0.25, 0.3) is 5.91 Å². The number of carbonyl (C=O) groups excluding carboxylic acids is 1. The molecule has 3 aromatic rings. The summed E-state index contributed by atoms with van der Waals surface area (Å²) < 4.78 is 7.48. The fourth-order valence-electron chi connectivity index (χ4n) is 3.48. The minimum absolute atomic E-state index is 0.0284. The van der Waals surface area contributed by atoms with Crippen molar-refractivity contribution in [2.45, 2.75) is 20.0 Å². The molecule has 6 heteroatoms. The first-order chi connectivity index (χ1) is 13.3. The Balaban J connectivity index is 1.58. The summed E-state index contributed by atoms with van der Waals surface area (Å²) in [6.45, 7) is 6.46. The first kappa shape index (κ1) is 17.7. The van der Waals surface area contributed by atoms with Crippen molar-refractivity contribution in [3.63, 3.8) is 0 Å². The van der Waals surface area contributed by atoms with E-state index in [0.29, 0.717) is 12.1 Å². The zero-order valence-corrected chi connectivity index (χ0v) is 15.5. The van der Waals surface area contributed by atoms with E-state index in [2.05, 4.69) is 39.5 Å². The third-order valence-corrected chi connectivity index (χ3v) is 4.80. The number of hydrogen-bond donors (Lipinski definition) is 2. The number of rotatable bonds is 7. The number of benzene rings is 2. The van der Waals surface area contributed by atoms with E-state index in [1.165, 1.54) is 5.56 Å². The Bertz CT molecular complexity index is 947. The highest BCUT2D eigenvalue weighted by Crippen LogP contribution is 2.28. The quantitative estimate of drug-likeness (QED) is 0.633. The van der Waals surface area contributed by atoms with E-state index in [-0.39, 0.29) is 5.91 Å². The van der Waals surface area contributed by atoms with Gasteiger partial charge in [-0.1, -0.05) is 30.3 Å². The van der Waals surface area contributed by atoms with Crippen LogP contribution in [0.15, 0.2) is 42.5 Å². The van der Waals surface area contributed by atoms with E-state index in [4.69, 9.17) is 9.72 Å². The van der Waals surface area contributed by atoms with Gasteiger partial charge in [-0.15, -0.1) is 0 Å². The number of para-hydroxylation sites is 1. The highest BCUT2D eigenvalue weighted by Gasteiger charge is 2.21. The molecule has 4 rings (SSSR count). The Kier molecular flexibility index (Phi) is 5.18. The summed E-state index contributed by atoms with van der Waals surface area (Å²) in [5.74, 6) is 0.879. The Morgan fingerprint density at radius 1 is 1.22 bits per heavy atom. The normalized spacial score (nSPS) is 13.6. The van der Waals surface area contributed by atoms with Gasteiger partial charge in [-0.2, -0.15) is 0 Å². The summed E-state index contributed by atoms with van der Waals surface area (Å²) >= 11 is 0.